The molecule has 0 amide bonds. The number of halogens is 4. The number of aromatic nitrogens is 2. The molecule has 0 bridgehead atoms. The fraction of sp³-hybridized carbons (Fsp3) is 0.353. The summed E-state index contributed by atoms with van der Waals surface area (Å²) in [7, 11) is 0. The molecular formula is C17H16BrF3N2. The molecule has 0 saturated heterocycles. The molecule has 0 aliphatic heterocycles. The first-order valence-electron chi connectivity index (χ1n) is 7.35. The van der Waals surface area contributed by atoms with Crippen molar-refractivity contribution in [2.24, 2.45) is 11.8 Å². The molecule has 2 nitrogen and oxygen atoms in total. The van der Waals surface area contributed by atoms with Crippen LogP contribution in [0.2, 0.25) is 0 Å². The minimum Gasteiger partial charge on any atom is -0.264 e. The Morgan fingerprint density at radius 3 is 2.70 bits per heavy atom. The zero-order valence-electron chi connectivity index (χ0n) is 12.7. The lowest BCUT2D eigenvalue weighted by Crippen LogP contribution is -2.21. The Morgan fingerprint density at radius 2 is 2.04 bits per heavy atom. The summed E-state index contributed by atoms with van der Waals surface area (Å²) in [6.45, 7) is 4.51. The normalized spacial score (nSPS) is 21.7. The van der Waals surface area contributed by atoms with Gasteiger partial charge in [-0.25, -0.2) is 0 Å². The highest BCUT2D eigenvalue weighted by molar-refractivity contribution is 9.10. The summed E-state index contributed by atoms with van der Waals surface area (Å²) in [5.41, 5.74) is 0.842. The van der Waals surface area contributed by atoms with E-state index in [2.05, 4.69) is 34.0 Å². The molecule has 0 saturated carbocycles. The van der Waals surface area contributed by atoms with Gasteiger partial charge in [-0.15, -0.1) is 0 Å². The zero-order valence-corrected chi connectivity index (χ0v) is 14.3. The quantitative estimate of drug-likeness (QED) is 0.660. The van der Waals surface area contributed by atoms with E-state index in [1.54, 1.807) is 12.1 Å². The molecule has 1 aliphatic carbocycles. The fourth-order valence-electron chi connectivity index (χ4n) is 3.05. The maximum absolute atomic E-state index is 13.3. The summed E-state index contributed by atoms with van der Waals surface area (Å²) in [4.78, 5) is 0. The van der Waals surface area contributed by atoms with Crippen molar-refractivity contribution in [3.05, 3.63) is 52.2 Å². The van der Waals surface area contributed by atoms with Crippen molar-refractivity contribution in [3.63, 3.8) is 0 Å². The molecule has 0 N–H and O–H groups in total. The molecular weight excluding hydrogens is 369 g/mol. The summed E-state index contributed by atoms with van der Waals surface area (Å²) >= 11 is 3.33. The summed E-state index contributed by atoms with van der Waals surface area (Å²) in [5, 5.41) is 4.02. The fourth-order valence-corrected chi connectivity index (χ4v) is 3.40. The number of fused-ring (bicyclic) bond motifs is 1. The molecule has 122 valence electrons. The zero-order chi connectivity index (χ0) is 16.8. The van der Waals surface area contributed by atoms with Crippen LogP contribution in [0.1, 0.15) is 19.5 Å². The van der Waals surface area contributed by atoms with E-state index in [-0.39, 0.29) is 17.2 Å². The highest BCUT2D eigenvalue weighted by Gasteiger charge is 2.37. The van der Waals surface area contributed by atoms with E-state index >= 15 is 0 Å². The molecule has 1 aromatic carbocycles. The molecule has 23 heavy (non-hydrogen) atoms. The lowest BCUT2D eigenvalue weighted by Gasteiger charge is -2.25. The Bertz CT molecular complexity index is 802. The Kier molecular flexibility index (Phi) is 4.12. The average Bonchev–Trinajstić information content (AvgIpc) is 2.81. The minimum atomic E-state index is -4.46. The highest BCUT2D eigenvalue weighted by Crippen LogP contribution is 2.36. The van der Waals surface area contributed by atoms with Crippen molar-refractivity contribution in [1.29, 1.82) is 0 Å². The van der Waals surface area contributed by atoms with Crippen molar-refractivity contribution < 1.29 is 13.2 Å². The predicted molar refractivity (Wildman–Crippen MR) is 88.0 cm³/mol. The van der Waals surface area contributed by atoms with Crippen LogP contribution in [0.4, 0.5) is 13.2 Å². The van der Waals surface area contributed by atoms with Crippen LogP contribution in [0, 0.1) is 11.8 Å². The summed E-state index contributed by atoms with van der Waals surface area (Å²) in [6, 6.07) is 4.78. The molecule has 6 heteroatoms. The van der Waals surface area contributed by atoms with Crippen LogP contribution >= 0.6 is 15.9 Å². The smallest absolute Gasteiger partial charge is 0.264 e. The van der Waals surface area contributed by atoms with Gasteiger partial charge in [0, 0.05) is 22.3 Å². The average molecular weight is 385 g/mol. The Morgan fingerprint density at radius 1 is 1.30 bits per heavy atom. The second-order valence-electron chi connectivity index (χ2n) is 5.95. The molecule has 1 aromatic heterocycles. The van der Waals surface area contributed by atoms with Crippen LogP contribution in [0.5, 0.6) is 0 Å². The SMILES string of the molecule is CC1=CC=CC(C)C1Cn1nc(C(F)(F)F)c2ccc(Br)cc21. The second kappa shape index (κ2) is 5.82. The van der Waals surface area contributed by atoms with Gasteiger partial charge in [0.25, 0.3) is 0 Å². The van der Waals surface area contributed by atoms with Crippen molar-refractivity contribution >= 4 is 26.8 Å². The van der Waals surface area contributed by atoms with Gasteiger partial charge in [0.1, 0.15) is 0 Å². The molecule has 0 fully saturated rings. The monoisotopic (exact) mass is 384 g/mol. The first-order chi connectivity index (χ1) is 10.8. The molecule has 1 aliphatic rings. The van der Waals surface area contributed by atoms with Gasteiger partial charge >= 0.3 is 6.18 Å². The molecule has 0 spiro atoms. The second-order valence-corrected chi connectivity index (χ2v) is 6.87. The van der Waals surface area contributed by atoms with Crippen LogP contribution < -0.4 is 0 Å². The van der Waals surface area contributed by atoms with Gasteiger partial charge in [0.15, 0.2) is 5.69 Å². The third-order valence-corrected chi connectivity index (χ3v) is 4.84. The molecule has 2 aromatic rings. The Labute approximate surface area is 140 Å². The number of hydrogen-bond acceptors (Lipinski definition) is 1. The van der Waals surface area contributed by atoms with E-state index in [9.17, 15) is 13.2 Å². The number of allylic oxidation sites excluding steroid dienone is 4. The van der Waals surface area contributed by atoms with Crippen LogP contribution in [0.3, 0.4) is 0 Å². The lowest BCUT2D eigenvalue weighted by molar-refractivity contribution is -0.140. The molecule has 3 rings (SSSR count). The van der Waals surface area contributed by atoms with Crippen molar-refractivity contribution in [2.75, 3.05) is 0 Å². The number of nitrogens with zero attached hydrogens (tertiary/aromatic N) is 2. The van der Waals surface area contributed by atoms with E-state index in [1.165, 1.54) is 10.7 Å². The van der Waals surface area contributed by atoms with E-state index in [0.29, 0.717) is 12.1 Å². The summed E-state index contributed by atoms with van der Waals surface area (Å²) < 4.78 is 42.0. The van der Waals surface area contributed by atoms with E-state index < -0.39 is 11.9 Å². The standard InChI is InChI=1S/C17H16BrF3N2/c1-10-4-3-5-11(2)14(10)9-23-15-8-12(18)6-7-13(15)16(22-23)17(19,20)21/h3-8,10,14H,9H2,1-2H3. The lowest BCUT2D eigenvalue weighted by atomic mass is 9.84. The number of alkyl halides is 3. The minimum absolute atomic E-state index is 0.140. The Balaban J connectivity index is 2.09. The number of hydrogen-bond donors (Lipinski definition) is 0. The van der Waals surface area contributed by atoms with Gasteiger partial charge in [0.2, 0.25) is 0 Å². The molecule has 2 unspecified atom stereocenters. The van der Waals surface area contributed by atoms with Gasteiger partial charge in [-0.1, -0.05) is 46.7 Å². The van der Waals surface area contributed by atoms with Gasteiger partial charge in [-0.2, -0.15) is 18.3 Å². The predicted octanol–water partition coefficient (Wildman–Crippen LogP) is 5.59. The van der Waals surface area contributed by atoms with Gasteiger partial charge in [0.05, 0.1) is 5.52 Å². The summed E-state index contributed by atoms with van der Waals surface area (Å²) in [5.74, 6) is 0.406. The molecule has 1 heterocycles. The highest BCUT2D eigenvalue weighted by atomic mass is 79.9. The maximum atomic E-state index is 13.3. The van der Waals surface area contributed by atoms with Crippen molar-refractivity contribution in [1.82, 2.24) is 9.78 Å². The maximum Gasteiger partial charge on any atom is 0.435 e. The number of rotatable bonds is 2. The van der Waals surface area contributed by atoms with Crippen LogP contribution in [0.25, 0.3) is 10.9 Å². The van der Waals surface area contributed by atoms with Crippen LogP contribution in [-0.2, 0) is 12.7 Å². The van der Waals surface area contributed by atoms with Crippen molar-refractivity contribution in [3.8, 4) is 0 Å². The van der Waals surface area contributed by atoms with Gasteiger partial charge in [-0.3, -0.25) is 4.68 Å². The summed E-state index contributed by atoms with van der Waals surface area (Å²) in [6.07, 6.45) is 1.62. The largest absolute Gasteiger partial charge is 0.435 e. The van der Waals surface area contributed by atoms with E-state index in [0.717, 1.165) is 10.0 Å². The van der Waals surface area contributed by atoms with Gasteiger partial charge < -0.3 is 0 Å². The first kappa shape index (κ1) is 16.3. The molecule has 0 radical (unpaired) electrons. The molecule has 2 atom stereocenters. The van der Waals surface area contributed by atoms with E-state index in [1.807, 2.05) is 19.1 Å². The van der Waals surface area contributed by atoms with E-state index in [4.69, 9.17) is 0 Å². The third-order valence-electron chi connectivity index (χ3n) is 4.35. The Hall–Kier alpha value is -1.56. The van der Waals surface area contributed by atoms with Gasteiger partial charge in [-0.05, 0) is 31.0 Å². The topological polar surface area (TPSA) is 17.8 Å². The van der Waals surface area contributed by atoms with Crippen LogP contribution in [-0.4, -0.2) is 9.78 Å². The third kappa shape index (κ3) is 3.09. The number of benzene rings is 1. The van der Waals surface area contributed by atoms with Crippen LogP contribution in [0.15, 0.2) is 46.5 Å². The van der Waals surface area contributed by atoms with Crippen molar-refractivity contribution in [2.45, 2.75) is 26.6 Å². The first-order valence-corrected chi connectivity index (χ1v) is 8.15.